The van der Waals surface area contributed by atoms with Crippen molar-refractivity contribution in [1.82, 2.24) is 10.6 Å². The molecule has 7 nitrogen and oxygen atoms in total. The van der Waals surface area contributed by atoms with Gasteiger partial charge < -0.3 is 20.8 Å². The lowest BCUT2D eigenvalue weighted by molar-refractivity contribution is -0.156. The van der Waals surface area contributed by atoms with Crippen molar-refractivity contribution in [1.29, 1.82) is 0 Å². The summed E-state index contributed by atoms with van der Waals surface area (Å²) in [7, 11) is 0. The summed E-state index contributed by atoms with van der Waals surface area (Å²) >= 11 is 0. The van der Waals surface area contributed by atoms with Gasteiger partial charge in [0.15, 0.2) is 5.60 Å². The van der Waals surface area contributed by atoms with Crippen LogP contribution in [-0.4, -0.2) is 46.2 Å². The molecule has 0 aliphatic carbocycles. The molecule has 0 aromatic heterocycles. The Morgan fingerprint density at radius 3 is 2.69 bits per heavy atom. The minimum Gasteiger partial charge on any atom is -0.479 e. The number of aliphatic hydroxyl groups is 1. The number of hydrogen-bond acceptors (Lipinski definition) is 4. The van der Waals surface area contributed by atoms with E-state index in [2.05, 4.69) is 10.6 Å². The van der Waals surface area contributed by atoms with Crippen LogP contribution in [0.5, 0.6) is 0 Å². The maximum atomic E-state index is 11.4. The lowest BCUT2D eigenvalue weighted by Gasteiger charge is -2.19. The Kier molecular flexibility index (Phi) is 3.48. The average Bonchev–Trinajstić information content (AvgIpc) is 2.61. The molecule has 0 aromatic carbocycles. The van der Waals surface area contributed by atoms with Crippen LogP contribution >= 0.6 is 0 Å². The number of rotatable bonds is 4. The molecule has 0 radical (unpaired) electrons. The van der Waals surface area contributed by atoms with Crippen molar-refractivity contribution in [3.05, 3.63) is 0 Å². The van der Waals surface area contributed by atoms with Gasteiger partial charge in [-0.05, 0) is 13.3 Å². The smallest absolute Gasteiger partial charge is 0.337 e. The molecule has 1 aliphatic rings. The van der Waals surface area contributed by atoms with E-state index in [1.54, 1.807) is 0 Å². The van der Waals surface area contributed by atoms with E-state index in [4.69, 9.17) is 5.11 Å². The van der Waals surface area contributed by atoms with Crippen molar-refractivity contribution in [2.45, 2.75) is 31.4 Å². The van der Waals surface area contributed by atoms with E-state index in [9.17, 15) is 19.5 Å². The largest absolute Gasteiger partial charge is 0.479 e. The fraction of sp³-hybridized carbons (Fsp3) is 0.667. The van der Waals surface area contributed by atoms with Crippen LogP contribution < -0.4 is 10.6 Å². The molecule has 1 rings (SSSR count). The van der Waals surface area contributed by atoms with Gasteiger partial charge in [0, 0.05) is 6.42 Å². The van der Waals surface area contributed by atoms with E-state index in [1.807, 2.05) is 0 Å². The summed E-state index contributed by atoms with van der Waals surface area (Å²) in [6, 6.07) is -0.628. The maximum absolute atomic E-state index is 11.4. The van der Waals surface area contributed by atoms with E-state index in [-0.39, 0.29) is 12.3 Å². The van der Waals surface area contributed by atoms with Gasteiger partial charge in [-0.1, -0.05) is 0 Å². The quantitative estimate of drug-likeness (QED) is 0.455. The highest BCUT2D eigenvalue weighted by atomic mass is 16.4. The van der Waals surface area contributed by atoms with Crippen LogP contribution in [0.3, 0.4) is 0 Å². The van der Waals surface area contributed by atoms with Crippen molar-refractivity contribution in [3.8, 4) is 0 Å². The Bertz CT molecular complexity index is 326. The van der Waals surface area contributed by atoms with Crippen molar-refractivity contribution >= 4 is 17.8 Å². The molecule has 2 atom stereocenters. The summed E-state index contributed by atoms with van der Waals surface area (Å²) in [5.74, 6) is -2.10. The van der Waals surface area contributed by atoms with E-state index in [0.717, 1.165) is 6.92 Å². The first kappa shape index (κ1) is 12.4. The zero-order valence-electron chi connectivity index (χ0n) is 8.82. The Labute approximate surface area is 91.8 Å². The lowest BCUT2D eigenvalue weighted by Crippen LogP contribution is -2.50. The zero-order chi connectivity index (χ0) is 12.3. The molecule has 1 fully saturated rings. The van der Waals surface area contributed by atoms with Gasteiger partial charge in [0.05, 0.1) is 6.54 Å². The van der Waals surface area contributed by atoms with Crippen LogP contribution in [-0.2, 0) is 14.4 Å². The zero-order valence-corrected chi connectivity index (χ0v) is 8.82. The molecule has 4 N–H and O–H groups in total. The second-order valence-electron chi connectivity index (χ2n) is 3.96. The fourth-order valence-corrected chi connectivity index (χ4v) is 1.27. The van der Waals surface area contributed by atoms with E-state index >= 15 is 0 Å². The molecule has 0 saturated carbocycles. The van der Waals surface area contributed by atoms with Gasteiger partial charge in [-0.25, -0.2) is 4.79 Å². The van der Waals surface area contributed by atoms with Crippen LogP contribution in [0, 0.1) is 0 Å². The molecule has 1 unspecified atom stereocenters. The molecule has 1 heterocycles. The highest BCUT2D eigenvalue weighted by Crippen LogP contribution is 2.07. The minimum absolute atomic E-state index is 0.204. The van der Waals surface area contributed by atoms with Crippen LogP contribution in [0.2, 0.25) is 0 Å². The van der Waals surface area contributed by atoms with Crippen molar-refractivity contribution in [2.75, 3.05) is 6.54 Å². The molecule has 16 heavy (non-hydrogen) atoms. The fourth-order valence-electron chi connectivity index (χ4n) is 1.27. The molecule has 1 saturated heterocycles. The predicted octanol–water partition coefficient (Wildman–Crippen LogP) is -1.78. The Morgan fingerprint density at radius 2 is 2.25 bits per heavy atom. The van der Waals surface area contributed by atoms with Crippen LogP contribution in [0.25, 0.3) is 0 Å². The molecule has 90 valence electrons. The number of carboxylic acid groups (broad SMARTS) is 1. The van der Waals surface area contributed by atoms with Crippen molar-refractivity contribution in [3.63, 3.8) is 0 Å². The molecule has 0 bridgehead atoms. The van der Waals surface area contributed by atoms with Crippen LogP contribution in [0.15, 0.2) is 0 Å². The highest BCUT2D eigenvalue weighted by molar-refractivity contribution is 5.91. The van der Waals surface area contributed by atoms with Gasteiger partial charge in [0.2, 0.25) is 11.8 Å². The number of hydrogen-bond donors (Lipinski definition) is 4. The second-order valence-corrected chi connectivity index (χ2v) is 3.96. The third kappa shape index (κ3) is 2.93. The first-order chi connectivity index (χ1) is 7.33. The first-order valence-corrected chi connectivity index (χ1v) is 4.86. The predicted molar refractivity (Wildman–Crippen MR) is 52.4 cm³/mol. The number of carboxylic acids is 1. The Hall–Kier alpha value is -1.63. The summed E-state index contributed by atoms with van der Waals surface area (Å²) in [4.78, 5) is 32.8. The molecule has 1 aliphatic heterocycles. The first-order valence-electron chi connectivity index (χ1n) is 4.86. The second kappa shape index (κ2) is 4.48. The molecular weight excluding hydrogens is 216 g/mol. The van der Waals surface area contributed by atoms with E-state index in [1.165, 1.54) is 0 Å². The summed E-state index contributed by atoms with van der Waals surface area (Å²) < 4.78 is 0. The molecule has 2 amide bonds. The standard InChI is InChI=1S/C9H14N2O5/c1-9(16,8(14)15)4-10-7(13)5-2-3-6(12)11-5/h5,16H,2-4H2,1H3,(H,10,13)(H,11,12)(H,14,15)/t5-,9?/m0/s1. The summed E-state index contributed by atoms with van der Waals surface area (Å²) in [5.41, 5.74) is -2.00. The minimum atomic E-state index is -2.00. The molecule has 0 aromatic rings. The van der Waals surface area contributed by atoms with Gasteiger partial charge in [-0.15, -0.1) is 0 Å². The Morgan fingerprint density at radius 1 is 1.62 bits per heavy atom. The number of aliphatic carboxylic acids is 1. The average molecular weight is 230 g/mol. The molecule has 0 spiro atoms. The van der Waals surface area contributed by atoms with Crippen molar-refractivity contribution in [2.24, 2.45) is 0 Å². The van der Waals surface area contributed by atoms with Crippen LogP contribution in [0.4, 0.5) is 0 Å². The lowest BCUT2D eigenvalue weighted by atomic mass is 10.1. The normalized spacial score (nSPS) is 23.4. The third-order valence-electron chi connectivity index (χ3n) is 2.38. The van der Waals surface area contributed by atoms with Crippen molar-refractivity contribution < 1.29 is 24.6 Å². The van der Waals surface area contributed by atoms with Crippen LogP contribution in [0.1, 0.15) is 19.8 Å². The highest BCUT2D eigenvalue weighted by Gasteiger charge is 2.33. The SMILES string of the molecule is CC(O)(CNC(=O)[C@@H]1CCC(=O)N1)C(=O)O. The van der Waals surface area contributed by atoms with Gasteiger partial charge in [-0.2, -0.15) is 0 Å². The summed E-state index contributed by atoms with van der Waals surface area (Å²) in [6.07, 6.45) is 0.674. The van der Waals surface area contributed by atoms with Gasteiger partial charge in [0.25, 0.3) is 0 Å². The molecular formula is C9H14N2O5. The summed E-state index contributed by atoms with van der Waals surface area (Å²) in [5, 5.41) is 22.6. The maximum Gasteiger partial charge on any atom is 0.337 e. The van der Waals surface area contributed by atoms with Gasteiger partial charge in [0.1, 0.15) is 6.04 Å². The molecule has 7 heteroatoms. The van der Waals surface area contributed by atoms with E-state index < -0.39 is 30.1 Å². The van der Waals surface area contributed by atoms with Gasteiger partial charge in [-0.3, -0.25) is 9.59 Å². The van der Waals surface area contributed by atoms with E-state index in [0.29, 0.717) is 6.42 Å². The summed E-state index contributed by atoms with van der Waals surface area (Å²) in [6.45, 7) is 0.691. The number of nitrogens with one attached hydrogen (secondary N) is 2. The number of carbonyl (C=O) groups excluding carboxylic acids is 2. The topological polar surface area (TPSA) is 116 Å². The number of carbonyl (C=O) groups is 3. The monoisotopic (exact) mass is 230 g/mol. The number of amides is 2. The van der Waals surface area contributed by atoms with Gasteiger partial charge >= 0.3 is 5.97 Å². The Balaban J connectivity index is 2.41. The third-order valence-corrected chi connectivity index (χ3v) is 2.38.